The van der Waals surface area contributed by atoms with Crippen LogP contribution in [0.25, 0.3) is 11.4 Å². The van der Waals surface area contributed by atoms with Crippen LogP contribution in [-0.2, 0) is 0 Å². The fourth-order valence-corrected chi connectivity index (χ4v) is 1.57. The molecule has 19 heavy (non-hydrogen) atoms. The summed E-state index contributed by atoms with van der Waals surface area (Å²) in [5.41, 5.74) is 2.48. The largest absolute Gasteiger partial charge is 0.204 e. The summed E-state index contributed by atoms with van der Waals surface area (Å²) < 4.78 is 0. The number of nitrogens with zero attached hydrogens (tertiary/aromatic N) is 5. The van der Waals surface area contributed by atoms with Gasteiger partial charge in [-0.25, -0.2) is 0 Å². The van der Waals surface area contributed by atoms with Crippen molar-refractivity contribution in [1.29, 1.82) is 0 Å². The van der Waals surface area contributed by atoms with Crippen molar-refractivity contribution in [2.45, 2.75) is 0 Å². The lowest BCUT2D eigenvalue weighted by atomic mass is 10.2. The highest BCUT2D eigenvalue weighted by Crippen LogP contribution is 2.21. The number of hydrogen-bond acceptors (Lipinski definition) is 5. The molecular formula is C13H10N6. The van der Waals surface area contributed by atoms with Crippen molar-refractivity contribution in [2.24, 2.45) is 10.2 Å². The zero-order valence-electron chi connectivity index (χ0n) is 9.93. The highest BCUT2D eigenvalue weighted by molar-refractivity contribution is 5.57. The highest BCUT2D eigenvalue weighted by atomic mass is 15.5. The van der Waals surface area contributed by atoms with Crippen LogP contribution in [0.2, 0.25) is 0 Å². The van der Waals surface area contributed by atoms with Gasteiger partial charge in [0.1, 0.15) is 0 Å². The molecule has 1 N–H and O–H groups in total. The molecule has 0 fully saturated rings. The fourth-order valence-electron chi connectivity index (χ4n) is 1.57. The maximum absolute atomic E-state index is 4.16. The third-order valence-corrected chi connectivity index (χ3v) is 2.51. The number of tetrazole rings is 1. The minimum atomic E-state index is 0.562. The minimum Gasteiger partial charge on any atom is -0.177 e. The molecule has 0 spiro atoms. The zero-order chi connectivity index (χ0) is 12.9. The van der Waals surface area contributed by atoms with Crippen LogP contribution in [0.4, 0.5) is 11.4 Å². The van der Waals surface area contributed by atoms with Gasteiger partial charge in [-0.15, -0.1) is 10.2 Å². The van der Waals surface area contributed by atoms with E-state index in [0.29, 0.717) is 5.82 Å². The first-order chi connectivity index (χ1) is 9.42. The van der Waals surface area contributed by atoms with Crippen LogP contribution in [0.1, 0.15) is 0 Å². The van der Waals surface area contributed by atoms with Crippen molar-refractivity contribution in [2.75, 3.05) is 0 Å². The van der Waals surface area contributed by atoms with Crippen LogP contribution in [0.15, 0.2) is 64.8 Å². The molecule has 6 heteroatoms. The van der Waals surface area contributed by atoms with Crippen molar-refractivity contribution in [1.82, 2.24) is 20.6 Å². The molecule has 1 aromatic heterocycles. The Balaban J connectivity index is 1.78. The van der Waals surface area contributed by atoms with Gasteiger partial charge >= 0.3 is 0 Å². The van der Waals surface area contributed by atoms with Gasteiger partial charge in [-0.1, -0.05) is 18.2 Å². The van der Waals surface area contributed by atoms with Crippen LogP contribution in [0.3, 0.4) is 0 Å². The summed E-state index contributed by atoms with van der Waals surface area (Å²) in [4.78, 5) is 0. The van der Waals surface area contributed by atoms with Gasteiger partial charge in [-0.2, -0.15) is 15.4 Å². The molecule has 3 aromatic rings. The van der Waals surface area contributed by atoms with Crippen LogP contribution < -0.4 is 0 Å². The molecule has 3 rings (SSSR count). The summed E-state index contributed by atoms with van der Waals surface area (Å²) in [5.74, 6) is 0.562. The lowest BCUT2D eigenvalue weighted by Gasteiger charge is -1.95. The highest BCUT2D eigenvalue weighted by Gasteiger charge is 2.01. The summed E-state index contributed by atoms with van der Waals surface area (Å²) in [6.45, 7) is 0. The first-order valence-corrected chi connectivity index (χ1v) is 5.72. The Kier molecular flexibility index (Phi) is 3.05. The molecule has 0 bridgehead atoms. The number of rotatable bonds is 3. The Bertz CT molecular complexity index is 658. The Morgan fingerprint density at radius 2 is 1.47 bits per heavy atom. The third-order valence-electron chi connectivity index (χ3n) is 2.51. The monoisotopic (exact) mass is 250 g/mol. The molecule has 0 aliphatic heterocycles. The van der Waals surface area contributed by atoms with E-state index in [1.807, 2.05) is 54.6 Å². The van der Waals surface area contributed by atoms with Crippen molar-refractivity contribution in [3.63, 3.8) is 0 Å². The van der Waals surface area contributed by atoms with E-state index in [2.05, 4.69) is 30.9 Å². The average Bonchev–Trinajstić information content (AvgIpc) is 3.01. The smallest absolute Gasteiger partial charge is 0.177 e. The maximum Gasteiger partial charge on any atom is 0.204 e. The number of H-pyrrole nitrogens is 1. The molecular weight excluding hydrogens is 240 g/mol. The normalized spacial score (nSPS) is 10.9. The van der Waals surface area contributed by atoms with Crippen molar-refractivity contribution in [3.8, 4) is 11.4 Å². The second-order valence-corrected chi connectivity index (χ2v) is 3.82. The number of hydrogen-bond donors (Lipinski definition) is 1. The predicted octanol–water partition coefficient (Wildman–Crippen LogP) is 3.28. The Morgan fingerprint density at radius 3 is 2.11 bits per heavy atom. The van der Waals surface area contributed by atoms with Crippen molar-refractivity contribution >= 4 is 11.4 Å². The maximum atomic E-state index is 4.16. The minimum absolute atomic E-state index is 0.562. The van der Waals surface area contributed by atoms with E-state index in [-0.39, 0.29) is 0 Å². The van der Waals surface area contributed by atoms with Gasteiger partial charge in [0.2, 0.25) is 5.82 Å². The first-order valence-electron chi connectivity index (χ1n) is 5.72. The third kappa shape index (κ3) is 2.68. The molecule has 0 unspecified atom stereocenters. The molecule has 92 valence electrons. The van der Waals surface area contributed by atoms with E-state index in [9.17, 15) is 0 Å². The van der Waals surface area contributed by atoms with E-state index in [1.54, 1.807) is 0 Å². The SMILES string of the molecule is c1ccc(N=Nc2ccc(-c3nn[nH]n3)cc2)cc1. The molecule has 0 atom stereocenters. The van der Waals surface area contributed by atoms with Crippen LogP contribution in [0.5, 0.6) is 0 Å². The van der Waals surface area contributed by atoms with Gasteiger partial charge in [0.05, 0.1) is 11.4 Å². The summed E-state index contributed by atoms with van der Waals surface area (Å²) in [6.07, 6.45) is 0. The Morgan fingerprint density at radius 1 is 0.789 bits per heavy atom. The van der Waals surface area contributed by atoms with Gasteiger partial charge in [-0.05, 0) is 41.6 Å². The van der Waals surface area contributed by atoms with Gasteiger partial charge in [0.25, 0.3) is 0 Å². The Hall–Kier alpha value is -2.89. The second kappa shape index (κ2) is 5.18. The molecule has 0 amide bonds. The van der Waals surface area contributed by atoms with Gasteiger partial charge in [0.15, 0.2) is 0 Å². The second-order valence-electron chi connectivity index (χ2n) is 3.82. The number of aromatic amines is 1. The number of aromatic nitrogens is 4. The summed E-state index contributed by atoms with van der Waals surface area (Å²) in [5, 5.41) is 22.1. The summed E-state index contributed by atoms with van der Waals surface area (Å²) in [7, 11) is 0. The van der Waals surface area contributed by atoms with Gasteiger partial charge in [0, 0.05) is 5.56 Å². The number of nitrogens with one attached hydrogen (secondary N) is 1. The van der Waals surface area contributed by atoms with Crippen molar-refractivity contribution < 1.29 is 0 Å². The lowest BCUT2D eigenvalue weighted by Crippen LogP contribution is -1.79. The van der Waals surface area contributed by atoms with E-state index in [4.69, 9.17) is 0 Å². The quantitative estimate of drug-likeness (QED) is 0.724. The van der Waals surface area contributed by atoms with E-state index in [0.717, 1.165) is 16.9 Å². The molecule has 0 radical (unpaired) electrons. The van der Waals surface area contributed by atoms with E-state index < -0.39 is 0 Å². The lowest BCUT2D eigenvalue weighted by molar-refractivity contribution is 0.881. The molecule has 1 heterocycles. The molecule has 0 aliphatic rings. The van der Waals surface area contributed by atoms with Gasteiger partial charge < -0.3 is 0 Å². The number of benzene rings is 2. The zero-order valence-corrected chi connectivity index (χ0v) is 9.93. The number of azo groups is 1. The standard InChI is InChI=1S/C13H10N6/c1-2-4-11(5-3-1)14-15-12-8-6-10(7-9-12)13-16-18-19-17-13/h1-9H,(H,16,17,18,19). The summed E-state index contributed by atoms with van der Waals surface area (Å²) in [6, 6.07) is 17.1. The van der Waals surface area contributed by atoms with Crippen LogP contribution in [0, 0.1) is 0 Å². The van der Waals surface area contributed by atoms with Crippen LogP contribution >= 0.6 is 0 Å². The fraction of sp³-hybridized carbons (Fsp3) is 0. The summed E-state index contributed by atoms with van der Waals surface area (Å²) >= 11 is 0. The predicted molar refractivity (Wildman–Crippen MR) is 70.2 cm³/mol. The topological polar surface area (TPSA) is 79.2 Å². The van der Waals surface area contributed by atoms with Gasteiger partial charge in [-0.3, -0.25) is 0 Å². The van der Waals surface area contributed by atoms with E-state index >= 15 is 0 Å². The molecule has 0 saturated heterocycles. The molecule has 0 aliphatic carbocycles. The van der Waals surface area contributed by atoms with E-state index in [1.165, 1.54) is 0 Å². The molecule has 2 aromatic carbocycles. The average molecular weight is 250 g/mol. The first kappa shape index (κ1) is 11.2. The Labute approximate surface area is 109 Å². The van der Waals surface area contributed by atoms with Crippen molar-refractivity contribution in [3.05, 3.63) is 54.6 Å². The van der Waals surface area contributed by atoms with Crippen LogP contribution in [-0.4, -0.2) is 20.6 Å². The molecule has 6 nitrogen and oxygen atoms in total. The molecule has 0 saturated carbocycles.